The molecule has 0 amide bonds. The van der Waals surface area contributed by atoms with Gasteiger partial charge in [-0.15, -0.1) is 0 Å². The van der Waals surface area contributed by atoms with Gasteiger partial charge < -0.3 is 14.9 Å². The second kappa shape index (κ2) is 4.92. The summed E-state index contributed by atoms with van der Waals surface area (Å²) in [6.45, 7) is 0. The molecule has 0 fully saturated rings. The minimum absolute atomic E-state index is 0.0894. The van der Waals surface area contributed by atoms with E-state index in [1.54, 1.807) is 24.3 Å². The van der Waals surface area contributed by atoms with Crippen LogP contribution in [-0.2, 0) is 0 Å². The lowest BCUT2D eigenvalue weighted by Crippen LogP contribution is -1.92. The number of hydrogen-bond acceptors (Lipinski definition) is 5. The van der Waals surface area contributed by atoms with Crippen LogP contribution in [0.5, 0.6) is 11.5 Å². The molecule has 0 saturated heterocycles. The van der Waals surface area contributed by atoms with Gasteiger partial charge in [0.05, 0.1) is 10.9 Å². The number of ether oxygens (including phenoxy) is 1. The molecule has 2 aromatic carbocycles. The maximum absolute atomic E-state index is 9.15. The van der Waals surface area contributed by atoms with Crippen LogP contribution in [0.1, 0.15) is 11.3 Å². The van der Waals surface area contributed by atoms with Crippen molar-refractivity contribution in [2.75, 3.05) is 5.73 Å². The Morgan fingerprint density at radius 2 is 1.86 bits per heavy atom. The summed E-state index contributed by atoms with van der Waals surface area (Å²) in [6.07, 6.45) is 0. The van der Waals surface area contributed by atoms with Gasteiger partial charge in [-0.25, -0.2) is 0 Å². The quantitative estimate of drug-likeness (QED) is 0.721. The van der Waals surface area contributed by atoms with Crippen molar-refractivity contribution in [3.8, 4) is 23.6 Å². The summed E-state index contributed by atoms with van der Waals surface area (Å²) < 4.78 is 11.2. The number of para-hydroxylation sites is 1. The van der Waals surface area contributed by atoms with Crippen molar-refractivity contribution in [1.29, 1.82) is 10.5 Å². The molecule has 3 rings (SSSR count). The molecule has 1 aromatic heterocycles. The largest absolute Gasteiger partial charge is 0.452 e. The van der Waals surface area contributed by atoms with E-state index in [0.29, 0.717) is 33.7 Å². The van der Waals surface area contributed by atoms with E-state index in [9.17, 15) is 0 Å². The molecule has 5 nitrogen and oxygen atoms in total. The number of anilines is 1. The van der Waals surface area contributed by atoms with Gasteiger partial charge in [-0.2, -0.15) is 10.5 Å². The Hall–Kier alpha value is -3.44. The van der Waals surface area contributed by atoms with E-state index in [0.717, 1.165) is 0 Å². The van der Waals surface area contributed by atoms with E-state index in [1.165, 1.54) is 6.07 Å². The molecule has 0 unspecified atom stereocenters. The van der Waals surface area contributed by atoms with Gasteiger partial charge in [-0.05, 0) is 24.3 Å². The molecule has 0 radical (unpaired) electrons. The molecule has 0 spiro atoms. The summed E-state index contributed by atoms with van der Waals surface area (Å²) in [5.41, 5.74) is 6.94. The maximum atomic E-state index is 9.15. The van der Waals surface area contributed by atoms with Crippen molar-refractivity contribution in [3.05, 3.63) is 53.8 Å². The van der Waals surface area contributed by atoms with Crippen molar-refractivity contribution < 1.29 is 9.15 Å². The zero-order chi connectivity index (χ0) is 14.8. The van der Waals surface area contributed by atoms with Crippen LogP contribution >= 0.6 is 0 Å². The molecule has 3 aromatic rings. The van der Waals surface area contributed by atoms with Crippen LogP contribution in [0.4, 0.5) is 5.69 Å². The Bertz CT molecular complexity index is 913. The molecular formula is C16H9N3O2. The minimum atomic E-state index is 0.0894. The molecular weight excluding hydrogens is 266 g/mol. The Morgan fingerprint density at radius 1 is 1.05 bits per heavy atom. The average molecular weight is 275 g/mol. The van der Waals surface area contributed by atoms with Gasteiger partial charge >= 0.3 is 0 Å². The summed E-state index contributed by atoms with van der Waals surface area (Å²) >= 11 is 0. The fourth-order valence-electron chi connectivity index (χ4n) is 2.01. The van der Waals surface area contributed by atoms with Crippen molar-refractivity contribution in [1.82, 2.24) is 0 Å². The lowest BCUT2D eigenvalue weighted by molar-refractivity contribution is 0.467. The third kappa shape index (κ3) is 2.13. The first kappa shape index (κ1) is 12.6. The van der Waals surface area contributed by atoms with E-state index in [2.05, 4.69) is 0 Å². The molecule has 100 valence electrons. The van der Waals surface area contributed by atoms with Gasteiger partial charge in [0.2, 0.25) is 5.76 Å². The van der Waals surface area contributed by atoms with Crippen LogP contribution in [0.2, 0.25) is 0 Å². The van der Waals surface area contributed by atoms with E-state index < -0.39 is 0 Å². The molecule has 0 saturated carbocycles. The number of nitrogens with zero attached hydrogens (tertiary/aromatic N) is 2. The SMILES string of the molecule is N#Cc1cc(Oc2c(C#N)oc3ccccc23)ccc1N. The van der Waals surface area contributed by atoms with Crippen molar-refractivity contribution in [2.24, 2.45) is 0 Å². The van der Waals surface area contributed by atoms with Gasteiger partial charge in [0.15, 0.2) is 5.75 Å². The highest BCUT2D eigenvalue weighted by Gasteiger charge is 2.16. The molecule has 0 bridgehead atoms. The highest BCUT2D eigenvalue weighted by Crippen LogP contribution is 2.36. The second-order valence-electron chi connectivity index (χ2n) is 4.33. The fraction of sp³-hybridized carbons (Fsp3) is 0. The monoisotopic (exact) mass is 275 g/mol. The molecule has 1 heterocycles. The summed E-state index contributed by atoms with van der Waals surface area (Å²) in [7, 11) is 0. The average Bonchev–Trinajstić information content (AvgIpc) is 2.87. The maximum Gasteiger partial charge on any atom is 0.247 e. The van der Waals surface area contributed by atoms with Crippen LogP contribution in [0.25, 0.3) is 11.0 Å². The van der Waals surface area contributed by atoms with Crippen molar-refractivity contribution in [3.63, 3.8) is 0 Å². The van der Waals surface area contributed by atoms with Crippen molar-refractivity contribution in [2.45, 2.75) is 0 Å². The lowest BCUT2D eigenvalue weighted by atomic mass is 10.2. The van der Waals surface area contributed by atoms with Crippen LogP contribution < -0.4 is 10.5 Å². The van der Waals surface area contributed by atoms with Crippen LogP contribution in [-0.4, -0.2) is 0 Å². The Kier molecular flexibility index (Phi) is 2.95. The van der Waals surface area contributed by atoms with Gasteiger partial charge in [-0.1, -0.05) is 12.1 Å². The van der Waals surface area contributed by atoms with Crippen LogP contribution in [0.15, 0.2) is 46.9 Å². The molecule has 21 heavy (non-hydrogen) atoms. The Morgan fingerprint density at radius 3 is 2.62 bits per heavy atom. The Labute approximate surface area is 120 Å². The number of nitrogens with two attached hydrogens (primary N) is 1. The Balaban J connectivity index is 2.10. The third-order valence-corrected chi connectivity index (χ3v) is 3.02. The first-order chi connectivity index (χ1) is 10.2. The number of fused-ring (bicyclic) bond motifs is 1. The predicted molar refractivity (Wildman–Crippen MR) is 76.6 cm³/mol. The normalized spacial score (nSPS) is 10.0. The van der Waals surface area contributed by atoms with E-state index in [-0.39, 0.29) is 5.76 Å². The fourth-order valence-corrected chi connectivity index (χ4v) is 2.01. The minimum Gasteiger partial charge on any atom is -0.452 e. The second-order valence-corrected chi connectivity index (χ2v) is 4.33. The number of benzene rings is 2. The smallest absolute Gasteiger partial charge is 0.247 e. The first-order valence-corrected chi connectivity index (χ1v) is 6.12. The van der Waals surface area contributed by atoms with E-state index in [4.69, 9.17) is 25.4 Å². The van der Waals surface area contributed by atoms with Gasteiger partial charge in [0.25, 0.3) is 0 Å². The topological polar surface area (TPSA) is 96.0 Å². The van der Waals surface area contributed by atoms with E-state index in [1.807, 2.05) is 24.3 Å². The van der Waals surface area contributed by atoms with Gasteiger partial charge in [-0.3, -0.25) is 0 Å². The summed E-state index contributed by atoms with van der Waals surface area (Å²) in [5.74, 6) is 0.845. The zero-order valence-corrected chi connectivity index (χ0v) is 10.8. The zero-order valence-electron chi connectivity index (χ0n) is 10.8. The number of furan rings is 1. The highest BCUT2D eigenvalue weighted by atomic mass is 16.5. The summed E-state index contributed by atoms with van der Waals surface area (Å²) in [5, 5.41) is 18.8. The molecule has 0 aliphatic carbocycles. The van der Waals surface area contributed by atoms with Gasteiger partial charge in [0.1, 0.15) is 23.5 Å². The molecule has 0 aliphatic rings. The first-order valence-electron chi connectivity index (χ1n) is 6.12. The lowest BCUT2D eigenvalue weighted by Gasteiger charge is -2.05. The number of nitriles is 2. The molecule has 0 atom stereocenters. The molecule has 5 heteroatoms. The van der Waals surface area contributed by atoms with Crippen molar-refractivity contribution >= 4 is 16.7 Å². The number of rotatable bonds is 2. The predicted octanol–water partition coefficient (Wildman–Crippen LogP) is 3.55. The standard InChI is InChI=1S/C16H9N3O2/c17-8-10-7-11(5-6-13(10)19)20-16-12-3-1-2-4-14(12)21-15(16)9-18/h1-7H,19H2. The number of hydrogen-bond donors (Lipinski definition) is 1. The molecule has 2 N–H and O–H groups in total. The van der Waals surface area contributed by atoms with Crippen LogP contribution in [0.3, 0.4) is 0 Å². The summed E-state index contributed by atoms with van der Waals surface area (Å²) in [4.78, 5) is 0. The number of nitrogen functional groups attached to an aromatic ring is 1. The van der Waals surface area contributed by atoms with E-state index >= 15 is 0 Å². The summed E-state index contributed by atoms with van der Waals surface area (Å²) in [6, 6.07) is 15.9. The van der Waals surface area contributed by atoms with Gasteiger partial charge in [0, 0.05) is 11.8 Å². The molecule has 0 aliphatic heterocycles. The third-order valence-electron chi connectivity index (χ3n) is 3.02. The van der Waals surface area contributed by atoms with Crippen LogP contribution in [0, 0.1) is 22.7 Å². The highest BCUT2D eigenvalue weighted by molar-refractivity contribution is 5.86.